The first-order valence-electron chi connectivity index (χ1n) is 6.26. The van der Waals surface area contributed by atoms with E-state index in [4.69, 9.17) is 0 Å². The molecule has 0 radical (unpaired) electrons. The minimum Gasteiger partial charge on any atom is -1.00 e. The smallest absolute Gasteiger partial charge is 0.0786 e. The minimum absolute atomic E-state index is 0. The predicted octanol–water partition coefficient (Wildman–Crippen LogP) is -0.0448. The lowest BCUT2D eigenvalue weighted by Crippen LogP contribution is -3.00. The summed E-state index contributed by atoms with van der Waals surface area (Å²) in [5, 5.41) is 0. The summed E-state index contributed by atoms with van der Waals surface area (Å²) >= 11 is 0. The zero-order chi connectivity index (χ0) is 8.99. The highest BCUT2D eigenvalue weighted by Gasteiger charge is 2.28. The van der Waals surface area contributed by atoms with E-state index in [0.29, 0.717) is 0 Å². The van der Waals surface area contributed by atoms with E-state index in [9.17, 15) is 0 Å². The van der Waals surface area contributed by atoms with Crippen LogP contribution >= 0.6 is 0 Å². The van der Waals surface area contributed by atoms with Crippen LogP contribution in [0.2, 0.25) is 0 Å². The Balaban J connectivity index is 0.000000980. The van der Waals surface area contributed by atoms with Crippen LogP contribution in [0.5, 0.6) is 0 Å². The molecule has 14 heavy (non-hydrogen) atoms. The number of rotatable bonds is 0. The quantitative estimate of drug-likeness (QED) is 0.537. The molecule has 0 saturated carbocycles. The van der Waals surface area contributed by atoms with Crippen molar-refractivity contribution in [2.24, 2.45) is 0 Å². The van der Waals surface area contributed by atoms with Crippen molar-refractivity contribution in [3.8, 4) is 0 Å². The molecular weight excluding hydrogens is 238 g/mol. The van der Waals surface area contributed by atoms with Gasteiger partial charge in [0.2, 0.25) is 0 Å². The van der Waals surface area contributed by atoms with E-state index in [1.54, 1.807) is 0 Å². The summed E-state index contributed by atoms with van der Waals surface area (Å²) in [6.07, 6.45) is 12.0. The maximum Gasteiger partial charge on any atom is 0.0786 e. The molecule has 84 valence electrons. The molecule has 2 fully saturated rings. The average Bonchev–Trinajstić information content (AvgIpc) is 2.50. The van der Waals surface area contributed by atoms with Gasteiger partial charge in [0.1, 0.15) is 0 Å². The number of halogens is 1. The average molecular weight is 262 g/mol. The molecule has 0 aromatic rings. The summed E-state index contributed by atoms with van der Waals surface area (Å²) in [6, 6.07) is 0. The van der Waals surface area contributed by atoms with Crippen LogP contribution in [0.1, 0.15) is 51.4 Å². The number of hydrogen-bond acceptors (Lipinski definition) is 0. The molecular formula is C12H24BrN. The van der Waals surface area contributed by atoms with E-state index in [0.717, 1.165) is 0 Å². The van der Waals surface area contributed by atoms with Gasteiger partial charge in [0, 0.05) is 0 Å². The van der Waals surface area contributed by atoms with Gasteiger partial charge in [-0.15, -0.1) is 0 Å². The first-order valence-corrected chi connectivity index (χ1v) is 6.26. The molecule has 2 aliphatic rings. The standard InChI is InChI=1S/C12H24N.BrH/c1-2-6-10-13(9-5-1)11-7-3-4-8-12-13;/h1-12H2;1H/q+1;/p-1. The third-order valence-electron chi connectivity index (χ3n) is 4.03. The van der Waals surface area contributed by atoms with Gasteiger partial charge in [0.05, 0.1) is 26.2 Å². The monoisotopic (exact) mass is 261 g/mol. The van der Waals surface area contributed by atoms with E-state index in [1.807, 2.05) is 0 Å². The van der Waals surface area contributed by atoms with Gasteiger partial charge < -0.3 is 21.5 Å². The topological polar surface area (TPSA) is 0 Å². The molecule has 0 aliphatic carbocycles. The number of quaternary nitrogens is 1. The van der Waals surface area contributed by atoms with Gasteiger partial charge in [0.15, 0.2) is 0 Å². The van der Waals surface area contributed by atoms with Crippen molar-refractivity contribution >= 4 is 0 Å². The van der Waals surface area contributed by atoms with E-state index in [2.05, 4.69) is 0 Å². The second kappa shape index (κ2) is 6.12. The van der Waals surface area contributed by atoms with Gasteiger partial charge in [-0.25, -0.2) is 0 Å². The van der Waals surface area contributed by atoms with Crippen LogP contribution in [0, 0.1) is 0 Å². The molecule has 2 heterocycles. The van der Waals surface area contributed by atoms with Crippen molar-refractivity contribution in [1.29, 1.82) is 0 Å². The summed E-state index contributed by atoms with van der Waals surface area (Å²) in [7, 11) is 0. The Kier molecular flexibility index (Phi) is 5.47. The molecule has 0 atom stereocenters. The largest absolute Gasteiger partial charge is 1.00 e. The lowest BCUT2D eigenvalue weighted by molar-refractivity contribution is -0.926. The normalized spacial score (nSPS) is 27.4. The Bertz CT molecular complexity index is 121. The molecule has 2 rings (SSSR count). The van der Waals surface area contributed by atoms with Crippen LogP contribution in [0.15, 0.2) is 0 Å². The predicted molar refractivity (Wildman–Crippen MR) is 56.7 cm³/mol. The lowest BCUT2D eigenvalue weighted by atomic mass is 10.2. The van der Waals surface area contributed by atoms with Crippen molar-refractivity contribution in [3.63, 3.8) is 0 Å². The molecule has 1 spiro atoms. The van der Waals surface area contributed by atoms with Gasteiger partial charge in [-0.1, -0.05) is 0 Å². The second-order valence-corrected chi connectivity index (χ2v) is 5.06. The SMILES string of the molecule is C1CCC[N+]2(CC1)CCCCCC2.[Br-]. The molecule has 0 aromatic carbocycles. The molecule has 0 amide bonds. The van der Waals surface area contributed by atoms with Gasteiger partial charge in [0.25, 0.3) is 0 Å². The third-order valence-corrected chi connectivity index (χ3v) is 4.03. The van der Waals surface area contributed by atoms with Crippen molar-refractivity contribution in [2.45, 2.75) is 51.4 Å². The van der Waals surface area contributed by atoms with Crippen LogP contribution in [0.4, 0.5) is 0 Å². The van der Waals surface area contributed by atoms with Crippen LogP contribution < -0.4 is 17.0 Å². The fourth-order valence-electron chi connectivity index (χ4n) is 3.17. The fourth-order valence-corrected chi connectivity index (χ4v) is 3.17. The van der Waals surface area contributed by atoms with Crippen molar-refractivity contribution in [1.82, 2.24) is 0 Å². The van der Waals surface area contributed by atoms with Crippen molar-refractivity contribution < 1.29 is 21.5 Å². The van der Waals surface area contributed by atoms with Gasteiger partial charge >= 0.3 is 0 Å². The van der Waals surface area contributed by atoms with Gasteiger partial charge in [-0.3, -0.25) is 0 Å². The summed E-state index contributed by atoms with van der Waals surface area (Å²) in [4.78, 5) is 0. The molecule has 0 unspecified atom stereocenters. The second-order valence-electron chi connectivity index (χ2n) is 5.06. The first kappa shape index (κ1) is 12.5. The molecule has 0 bridgehead atoms. The Morgan fingerprint density at radius 2 is 0.714 bits per heavy atom. The highest BCUT2D eigenvalue weighted by atomic mass is 79.9. The third kappa shape index (κ3) is 3.23. The maximum atomic E-state index is 1.50. The molecule has 0 aromatic heterocycles. The molecule has 2 heteroatoms. The fraction of sp³-hybridized carbons (Fsp3) is 1.00. The molecule has 1 nitrogen and oxygen atoms in total. The molecule has 0 N–H and O–H groups in total. The first-order chi connectivity index (χ1) is 6.41. The maximum absolute atomic E-state index is 1.50. The zero-order valence-electron chi connectivity index (χ0n) is 9.31. The summed E-state index contributed by atoms with van der Waals surface area (Å²) in [6.45, 7) is 6.00. The van der Waals surface area contributed by atoms with Gasteiger partial charge in [-0.05, 0) is 51.4 Å². The Morgan fingerprint density at radius 1 is 0.429 bits per heavy atom. The van der Waals surface area contributed by atoms with E-state index in [1.165, 1.54) is 82.0 Å². The van der Waals surface area contributed by atoms with Crippen LogP contribution in [0.3, 0.4) is 0 Å². The van der Waals surface area contributed by atoms with Crippen molar-refractivity contribution in [3.05, 3.63) is 0 Å². The zero-order valence-corrected chi connectivity index (χ0v) is 10.9. The summed E-state index contributed by atoms with van der Waals surface area (Å²) in [5.41, 5.74) is 0. The highest BCUT2D eigenvalue weighted by molar-refractivity contribution is 4.58. The molecule has 2 saturated heterocycles. The van der Waals surface area contributed by atoms with Crippen LogP contribution in [-0.2, 0) is 0 Å². The van der Waals surface area contributed by atoms with E-state index < -0.39 is 0 Å². The number of nitrogens with zero attached hydrogens (tertiary/aromatic N) is 1. The summed E-state index contributed by atoms with van der Waals surface area (Å²) in [5.74, 6) is 0. The van der Waals surface area contributed by atoms with Crippen LogP contribution in [0.25, 0.3) is 0 Å². The lowest BCUT2D eigenvalue weighted by Gasteiger charge is -2.36. The van der Waals surface area contributed by atoms with Gasteiger partial charge in [-0.2, -0.15) is 0 Å². The minimum atomic E-state index is 0. The van der Waals surface area contributed by atoms with E-state index in [-0.39, 0.29) is 17.0 Å². The Labute approximate surface area is 99.2 Å². The Hall–Kier alpha value is 0.440. The van der Waals surface area contributed by atoms with Crippen molar-refractivity contribution in [2.75, 3.05) is 26.2 Å². The number of hydrogen-bond donors (Lipinski definition) is 0. The molecule has 2 aliphatic heterocycles. The van der Waals surface area contributed by atoms with Crippen LogP contribution in [-0.4, -0.2) is 30.7 Å². The van der Waals surface area contributed by atoms with E-state index >= 15 is 0 Å². The highest BCUT2D eigenvalue weighted by Crippen LogP contribution is 2.23. The Morgan fingerprint density at radius 3 is 1.00 bits per heavy atom. The summed E-state index contributed by atoms with van der Waals surface area (Å²) < 4.78 is 1.50.